The van der Waals surface area contributed by atoms with Crippen molar-refractivity contribution in [3.05, 3.63) is 175 Å². The molecule has 0 bridgehead atoms. The van der Waals surface area contributed by atoms with Gasteiger partial charge in [0, 0.05) is 24.0 Å². The molecule has 0 nitrogen and oxygen atoms in total. The summed E-state index contributed by atoms with van der Waals surface area (Å²) in [6.07, 6.45) is 3.60. The Balaban J connectivity index is 1.04. The zero-order chi connectivity index (χ0) is 44.5. The Bertz CT molecular complexity index is 2470. The maximum absolute atomic E-state index is 3.26. The highest BCUT2D eigenvalue weighted by molar-refractivity contribution is 6.97. The van der Waals surface area contributed by atoms with Crippen LogP contribution in [0.1, 0.15) is 104 Å². The number of hydrogen-bond acceptors (Lipinski definition) is 0. The van der Waals surface area contributed by atoms with Crippen molar-refractivity contribution in [2.45, 2.75) is 109 Å². The third-order valence-corrected chi connectivity index (χ3v) is 12.2. The Morgan fingerprint density at radius 1 is 0.323 bits per heavy atom. The summed E-state index contributed by atoms with van der Waals surface area (Å²) in [5.41, 5.74) is 26.0. The van der Waals surface area contributed by atoms with Crippen LogP contribution in [0.25, 0.3) is 0 Å². The first kappa shape index (κ1) is 45.2. The van der Waals surface area contributed by atoms with Gasteiger partial charge in [0.2, 0.25) is 13.4 Å². The molecular formula is C60H60B2. The Morgan fingerprint density at radius 3 is 0.806 bits per heavy atom. The second-order valence-electron chi connectivity index (χ2n) is 17.7. The third-order valence-electron chi connectivity index (χ3n) is 12.2. The highest BCUT2D eigenvalue weighted by Gasteiger charge is 2.29. The molecule has 0 aliphatic carbocycles. The molecule has 2 heteroatoms. The first-order chi connectivity index (χ1) is 29.7. The molecular weight excluding hydrogens is 742 g/mol. The number of unbranched alkanes of at least 4 members (excludes halogenated alkanes) is 3. The van der Waals surface area contributed by atoms with Crippen molar-refractivity contribution in [3.63, 3.8) is 0 Å². The zero-order valence-corrected chi connectivity index (χ0v) is 39.2. The molecule has 0 radical (unpaired) electrons. The molecule has 0 aliphatic rings. The molecule has 0 amide bonds. The second-order valence-corrected chi connectivity index (χ2v) is 17.7. The van der Waals surface area contributed by atoms with E-state index in [4.69, 9.17) is 0 Å². The predicted octanol–water partition coefficient (Wildman–Crippen LogP) is 9.39. The van der Waals surface area contributed by atoms with Crippen LogP contribution in [0.2, 0.25) is 0 Å². The largest absolute Gasteiger partial charge is 0.242 e. The maximum Gasteiger partial charge on any atom is 0.242 e. The summed E-state index contributed by atoms with van der Waals surface area (Å²) in [7, 11) is 0. The van der Waals surface area contributed by atoms with Crippen molar-refractivity contribution >= 4 is 46.2 Å². The van der Waals surface area contributed by atoms with Crippen molar-refractivity contribution in [2.24, 2.45) is 0 Å². The van der Waals surface area contributed by atoms with E-state index in [1.54, 1.807) is 0 Å². The van der Waals surface area contributed by atoms with Crippen LogP contribution in [0.15, 0.2) is 97.1 Å². The highest BCUT2D eigenvalue weighted by atomic mass is 14.1. The quantitative estimate of drug-likeness (QED) is 0.0777. The van der Waals surface area contributed by atoms with E-state index in [1.807, 2.05) is 0 Å². The fraction of sp³-hybridized carbons (Fsp3) is 0.267. The molecule has 0 spiro atoms. The number of benzene rings is 6. The van der Waals surface area contributed by atoms with Gasteiger partial charge in [0.15, 0.2) is 0 Å². The van der Waals surface area contributed by atoms with E-state index in [0.29, 0.717) is 0 Å². The lowest BCUT2D eigenvalue weighted by Gasteiger charge is -2.24. The van der Waals surface area contributed by atoms with E-state index in [9.17, 15) is 0 Å². The lowest BCUT2D eigenvalue weighted by atomic mass is 9.34. The number of rotatable bonds is 9. The molecule has 306 valence electrons. The molecule has 0 N–H and O–H groups in total. The SMILES string of the molecule is Cc1cc(C)c(B(c2ccc(C#CC#CCCCCC#CC#Cc3ccc(B(c4c(C)cc(C)cc4C)c4c(C)cc(C)cc4C)cc3)cc2)c2c(C)cc(C)cc2C)c(C)c1. The van der Waals surface area contributed by atoms with Crippen LogP contribution < -0.4 is 32.8 Å². The van der Waals surface area contributed by atoms with Crippen molar-refractivity contribution < 1.29 is 0 Å². The van der Waals surface area contributed by atoms with E-state index in [-0.39, 0.29) is 13.4 Å². The van der Waals surface area contributed by atoms with Gasteiger partial charge >= 0.3 is 0 Å². The van der Waals surface area contributed by atoms with E-state index in [1.165, 1.54) is 99.5 Å². The first-order valence-corrected chi connectivity index (χ1v) is 22.2. The summed E-state index contributed by atoms with van der Waals surface area (Å²) >= 11 is 0. The average Bonchev–Trinajstić information content (AvgIpc) is 3.19. The summed E-state index contributed by atoms with van der Waals surface area (Å²) in [5.74, 6) is 25.3. The summed E-state index contributed by atoms with van der Waals surface area (Å²) < 4.78 is 0. The van der Waals surface area contributed by atoms with Gasteiger partial charge in [0.1, 0.15) is 0 Å². The normalized spacial score (nSPS) is 10.3. The van der Waals surface area contributed by atoms with Crippen LogP contribution in [0.5, 0.6) is 0 Å². The molecule has 0 aromatic heterocycles. The van der Waals surface area contributed by atoms with Crippen LogP contribution in [0.4, 0.5) is 0 Å². The minimum absolute atomic E-state index is 0.156. The van der Waals surface area contributed by atoms with Crippen molar-refractivity contribution in [3.8, 4) is 47.4 Å². The van der Waals surface area contributed by atoms with Crippen LogP contribution in [0.3, 0.4) is 0 Å². The molecule has 6 aromatic carbocycles. The van der Waals surface area contributed by atoms with Gasteiger partial charge in [-0.3, -0.25) is 0 Å². The van der Waals surface area contributed by atoms with E-state index >= 15 is 0 Å². The second kappa shape index (κ2) is 20.5. The average molecular weight is 803 g/mol. The molecule has 0 atom stereocenters. The van der Waals surface area contributed by atoms with Crippen LogP contribution in [-0.4, -0.2) is 13.4 Å². The fourth-order valence-corrected chi connectivity index (χ4v) is 9.91. The van der Waals surface area contributed by atoms with Gasteiger partial charge in [0.25, 0.3) is 0 Å². The van der Waals surface area contributed by atoms with Crippen molar-refractivity contribution in [1.82, 2.24) is 0 Å². The summed E-state index contributed by atoms with van der Waals surface area (Å²) in [5, 5.41) is 0. The fourth-order valence-electron chi connectivity index (χ4n) is 9.91. The molecule has 0 saturated carbocycles. The third kappa shape index (κ3) is 10.9. The maximum atomic E-state index is 3.26. The van der Waals surface area contributed by atoms with Gasteiger partial charge in [-0.1, -0.05) is 196 Å². The Hall–Kier alpha value is -6.31. The van der Waals surface area contributed by atoms with E-state index in [0.717, 1.165) is 36.8 Å². The van der Waals surface area contributed by atoms with Gasteiger partial charge in [0.05, 0.1) is 0 Å². The van der Waals surface area contributed by atoms with Gasteiger partial charge in [-0.15, -0.1) is 0 Å². The molecule has 6 aromatic rings. The Morgan fingerprint density at radius 2 is 0.565 bits per heavy atom. The monoisotopic (exact) mass is 802 g/mol. The molecule has 62 heavy (non-hydrogen) atoms. The first-order valence-electron chi connectivity index (χ1n) is 22.2. The summed E-state index contributed by atoms with van der Waals surface area (Å²) in [6.45, 7) is 27.0. The minimum Gasteiger partial charge on any atom is -0.0891 e. The van der Waals surface area contributed by atoms with Gasteiger partial charge < -0.3 is 0 Å². The van der Waals surface area contributed by atoms with Gasteiger partial charge in [-0.25, -0.2) is 0 Å². The number of aryl methyl sites for hydroxylation is 12. The molecule has 0 unspecified atom stereocenters. The molecule has 0 heterocycles. The van der Waals surface area contributed by atoms with E-state index < -0.39 is 0 Å². The molecule has 0 aliphatic heterocycles. The topological polar surface area (TPSA) is 0 Å². The van der Waals surface area contributed by atoms with Crippen LogP contribution in [0, 0.1) is 130 Å². The molecule has 6 rings (SSSR count). The summed E-state index contributed by atoms with van der Waals surface area (Å²) in [4.78, 5) is 0. The lowest BCUT2D eigenvalue weighted by Crippen LogP contribution is -2.55. The molecule has 0 saturated heterocycles. The Kier molecular flexibility index (Phi) is 15.0. The minimum atomic E-state index is 0.156. The molecule has 0 fully saturated rings. The smallest absolute Gasteiger partial charge is 0.0891 e. The lowest BCUT2D eigenvalue weighted by molar-refractivity contribution is 0.782. The zero-order valence-electron chi connectivity index (χ0n) is 39.2. The number of hydrogen-bond donors (Lipinski definition) is 0. The predicted molar refractivity (Wildman–Crippen MR) is 273 cm³/mol. The van der Waals surface area contributed by atoms with Crippen LogP contribution >= 0.6 is 0 Å². The van der Waals surface area contributed by atoms with Crippen molar-refractivity contribution in [1.29, 1.82) is 0 Å². The standard InChI is InChI=1S/C60H60B2/c1-41-33-45(5)57(46(6)34-41)61(58-47(7)35-42(2)36-48(58)8)55-29-25-53(26-30-55)23-21-19-17-15-13-14-16-18-20-22-24-54-27-31-56(32-28-54)62(59-49(9)37-43(3)38-50(59)10)60-51(11)39-44(4)40-52(60)12/h25-40H,13-16H2,1-12H3. The van der Waals surface area contributed by atoms with Gasteiger partial charge in [-0.2, -0.15) is 0 Å². The van der Waals surface area contributed by atoms with E-state index in [2.05, 4.69) is 228 Å². The van der Waals surface area contributed by atoms with Crippen LogP contribution in [-0.2, 0) is 0 Å². The van der Waals surface area contributed by atoms with Gasteiger partial charge in [-0.05, 0) is 144 Å². The van der Waals surface area contributed by atoms with Crippen molar-refractivity contribution in [2.75, 3.05) is 0 Å². The summed E-state index contributed by atoms with van der Waals surface area (Å²) in [6, 6.07) is 36.1. The highest BCUT2D eigenvalue weighted by Crippen LogP contribution is 2.15. The Labute approximate surface area is 375 Å².